The zero-order valence-corrected chi connectivity index (χ0v) is 12.4. The van der Waals surface area contributed by atoms with Crippen molar-refractivity contribution < 1.29 is 14.6 Å². The Labute approximate surface area is 123 Å². The van der Waals surface area contributed by atoms with Crippen LogP contribution in [0.15, 0.2) is 12.1 Å². The van der Waals surface area contributed by atoms with Gasteiger partial charge < -0.3 is 14.7 Å². The van der Waals surface area contributed by atoms with Crippen LogP contribution in [0.5, 0.6) is 0 Å². The van der Waals surface area contributed by atoms with E-state index < -0.39 is 0 Å². The van der Waals surface area contributed by atoms with Crippen LogP contribution in [0.4, 0.5) is 0 Å². The van der Waals surface area contributed by atoms with Crippen LogP contribution >= 0.6 is 11.3 Å². The first-order valence-electron chi connectivity index (χ1n) is 6.73. The molecule has 0 bridgehead atoms. The maximum atomic E-state index is 12.3. The van der Waals surface area contributed by atoms with Gasteiger partial charge in [-0.05, 0) is 30.9 Å². The van der Waals surface area contributed by atoms with Crippen molar-refractivity contribution in [3.63, 3.8) is 0 Å². The van der Waals surface area contributed by atoms with Gasteiger partial charge in [-0.2, -0.15) is 0 Å². The van der Waals surface area contributed by atoms with Crippen LogP contribution < -0.4 is 0 Å². The van der Waals surface area contributed by atoms with E-state index in [0.717, 1.165) is 37.5 Å². The van der Waals surface area contributed by atoms with E-state index in [1.54, 1.807) is 11.0 Å². The van der Waals surface area contributed by atoms with Crippen LogP contribution in [0.1, 0.15) is 27.4 Å². The van der Waals surface area contributed by atoms with Crippen LogP contribution in [0, 0.1) is 17.8 Å². The van der Waals surface area contributed by atoms with Gasteiger partial charge in [-0.15, -0.1) is 11.3 Å². The largest absolute Gasteiger partial charge is 0.384 e. The predicted molar refractivity (Wildman–Crippen MR) is 78.8 cm³/mol. The summed E-state index contributed by atoms with van der Waals surface area (Å²) < 4.78 is 5.44. The van der Waals surface area contributed by atoms with Crippen LogP contribution in [0.25, 0.3) is 0 Å². The van der Waals surface area contributed by atoms with E-state index in [9.17, 15) is 4.79 Å². The smallest absolute Gasteiger partial charge is 0.263 e. The fourth-order valence-electron chi connectivity index (χ4n) is 2.26. The number of aliphatic hydroxyl groups excluding tert-OH is 1. The van der Waals surface area contributed by atoms with E-state index in [-0.39, 0.29) is 12.5 Å². The number of carbonyl (C=O) groups excluding carboxylic acids is 1. The first-order chi connectivity index (χ1) is 9.70. The Hall–Kier alpha value is -1.35. The van der Waals surface area contributed by atoms with Crippen LogP contribution in [-0.4, -0.2) is 49.3 Å². The molecule has 5 heteroatoms. The number of hydrogen-bond acceptors (Lipinski definition) is 4. The number of thiophene rings is 1. The maximum Gasteiger partial charge on any atom is 0.263 e. The molecule has 0 spiro atoms. The summed E-state index contributed by atoms with van der Waals surface area (Å²) in [6.45, 7) is 2.15. The molecule has 1 aromatic heterocycles. The Morgan fingerprint density at radius 1 is 1.60 bits per heavy atom. The van der Waals surface area contributed by atoms with Crippen molar-refractivity contribution in [3.8, 4) is 11.8 Å². The van der Waals surface area contributed by atoms with E-state index in [1.165, 1.54) is 11.3 Å². The lowest BCUT2D eigenvalue weighted by Crippen LogP contribution is -2.34. The highest BCUT2D eigenvalue weighted by molar-refractivity contribution is 7.14. The Kier molecular flexibility index (Phi) is 5.60. The van der Waals surface area contributed by atoms with E-state index in [1.807, 2.05) is 13.1 Å². The van der Waals surface area contributed by atoms with Crippen molar-refractivity contribution in [1.29, 1.82) is 0 Å². The fraction of sp³-hybridized carbons (Fsp3) is 0.533. The molecule has 0 aromatic carbocycles. The molecule has 1 unspecified atom stereocenters. The minimum atomic E-state index is -0.164. The summed E-state index contributed by atoms with van der Waals surface area (Å²) in [5, 5.41) is 8.66. The Morgan fingerprint density at radius 2 is 2.45 bits per heavy atom. The van der Waals surface area contributed by atoms with Gasteiger partial charge in [0.15, 0.2) is 0 Å². The number of amides is 1. The zero-order chi connectivity index (χ0) is 14.4. The van der Waals surface area contributed by atoms with Gasteiger partial charge in [0, 0.05) is 20.2 Å². The minimum Gasteiger partial charge on any atom is -0.384 e. The van der Waals surface area contributed by atoms with Crippen LogP contribution in [0.2, 0.25) is 0 Å². The highest BCUT2D eigenvalue weighted by Crippen LogP contribution is 2.19. The quantitative estimate of drug-likeness (QED) is 0.861. The van der Waals surface area contributed by atoms with Gasteiger partial charge in [-0.1, -0.05) is 11.8 Å². The first kappa shape index (κ1) is 15.0. The summed E-state index contributed by atoms with van der Waals surface area (Å²) >= 11 is 1.36. The van der Waals surface area contributed by atoms with Gasteiger partial charge in [-0.3, -0.25) is 4.79 Å². The molecule has 0 aliphatic carbocycles. The van der Waals surface area contributed by atoms with Crippen LogP contribution in [-0.2, 0) is 4.74 Å². The normalized spacial score (nSPS) is 18.2. The molecule has 108 valence electrons. The number of nitrogens with zero attached hydrogens (tertiary/aromatic N) is 1. The molecule has 1 atom stereocenters. The van der Waals surface area contributed by atoms with Gasteiger partial charge in [0.1, 0.15) is 6.61 Å². The third-order valence-corrected chi connectivity index (χ3v) is 4.23. The van der Waals surface area contributed by atoms with Gasteiger partial charge in [-0.25, -0.2) is 0 Å². The number of ether oxygens (including phenoxy) is 1. The summed E-state index contributed by atoms with van der Waals surface area (Å²) in [7, 11) is 1.83. The summed E-state index contributed by atoms with van der Waals surface area (Å²) in [5.41, 5.74) is 0. The van der Waals surface area contributed by atoms with E-state index >= 15 is 0 Å². The fourth-order valence-corrected chi connectivity index (χ4v) is 3.13. The molecule has 4 nitrogen and oxygen atoms in total. The predicted octanol–water partition coefficient (Wildman–Crippen LogP) is 1.59. The SMILES string of the molecule is CN(CC1CCCOC1)C(=O)c1ccc(C#CCO)s1. The number of rotatable bonds is 3. The molecular formula is C15H19NO3S. The average molecular weight is 293 g/mol. The monoisotopic (exact) mass is 293 g/mol. The minimum absolute atomic E-state index is 0.0256. The number of aliphatic hydroxyl groups is 1. The Morgan fingerprint density at radius 3 is 3.15 bits per heavy atom. The van der Waals surface area contributed by atoms with Gasteiger partial charge in [0.2, 0.25) is 0 Å². The van der Waals surface area contributed by atoms with E-state index in [0.29, 0.717) is 10.8 Å². The zero-order valence-electron chi connectivity index (χ0n) is 11.6. The standard InChI is InChI=1S/C15H19NO3S/c1-16(10-12-4-3-9-19-11-12)15(18)14-7-6-13(20-14)5-2-8-17/h6-7,12,17H,3-4,8-11H2,1H3. The van der Waals surface area contributed by atoms with Crippen molar-refractivity contribution in [2.24, 2.45) is 5.92 Å². The first-order valence-corrected chi connectivity index (χ1v) is 7.55. The van der Waals surface area contributed by atoms with Crippen molar-refractivity contribution in [2.75, 3.05) is 33.4 Å². The summed E-state index contributed by atoms with van der Waals surface area (Å²) in [6, 6.07) is 3.61. The second kappa shape index (κ2) is 7.44. The molecule has 1 aromatic rings. The van der Waals surface area contributed by atoms with Crippen molar-refractivity contribution in [3.05, 3.63) is 21.9 Å². The third-order valence-electron chi connectivity index (χ3n) is 3.24. The molecule has 0 saturated carbocycles. The molecule has 0 radical (unpaired) electrons. The molecule has 1 aliphatic rings. The lowest BCUT2D eigenvalue weighted by atomic mass is 10.0. The summed E-state index contributed by atoms with van der Waals surface area (Å²) in [4.78, 5) is 15.6. The highest BCUT2D eigenvalue weighted by Gasteiger charge is 2.20. The highest BCUT2D eigenvalue weighted by atomic mass is 32.1. The second-order valence-electron chi connectivity index (χ2n) is 4.89. The number of carbonyl (C=O) groups is 1. The molecule has 1 aliphatic heterocycles. The third kappa shape index (κ3) is 4.07. The molecule has 1 N–H and O–H groups in total. The summed E-state index contributed by atoms with van der Waals surface area (Å²) in [6.07, 6.45) is 2.20. The molecule has 2 rings (SSSR count). The Balaban J connectivity index is 1.93. The molecule has 1 saturated heterocycles. The van der Waals surface area contributed by atoms with Crippen LogP contribution in [0.3, 0.4) is 0 Å². The lowest BCUT2D eigenvalue weighted by Gasteiger charge is -2.26. The van der Waals surface area contributed by atoms with Crippen molar-refractivity contribution in [2.45, 2.75) is 12.8 Å². The second-order valence-corrected chi connectivity index (χ2v) is 5.98. The summed E-state index contributed by atoms with van der Waals surface area (Å²) in [5.74, 6) is 5.87. The van der Waals surface area contributed by atoms with Crippen molar-refractivity contribution >= 4 is 17.2 Å². The van der Waals surface area contributed by atoms with E-state index in [4.69, 9.17) is 9.84 Å². The number of hydrogen-bond donors (Lipinski definition) is 1. The molecule has 20 heavy (non-hydrogen) atoms. The topological polar surface area (TPSA) is 49.8 Å². The lowest BCUT2D eigenvalue weighted by molar-refractivity contribution is 0.0390. The molecule has 1 fully saturated rings. The van der Waals surface area contributed by atoms with Gasteiger partial charge in [0.05, 0.1) is 16.4 Å². The Bertz CT molecular complexity index is 509. The van der Waals surface area contributed by atoms with Crippen molar-refractivity contribution in [1.82, 2.24) is 4.90 Å². The molecule has 1 amide bonds. The maximum absolute atomic E-state index is 12.3. The molecular weight excluding hydrogens is 274 g/mol. The molecule has 2 heterocycles. The van der Waals surface area contributed by atoms with Gasteiger partial charge in [0.25, 0.3) is 5.91 Å². The average Bonchev–Trinajstić information content (AvgIpc) is 2.94. The van der Waals surface area contributed by atoms with E-state index in [2.05, 4.69) is 11.8 Å². The van der Waals surface area contributed by atoms with Gasteiger partial charge >= 0.3 is 0 Å².